The second kappa shape index (κ2) is 10.8. The highest BCUT2D eigenvalue weighted by atomic mass is 19.3. The summed E-state index contributed by atoms with van der Waals surface area (Å²) in [6, 6.07) is 4.08. The maximum Gasteiger partial charge on any atom is 0.269 e. The van der Waals surface area contributed by atoms with Gasteiger partial charge in [-0.2, -0.15) is 0 Å². The van der Waals surface area contributed by atoms with E-state index in [1.165, 1.54) is 17.6 Å². The Morgan fingerprint density at radius 1 is 1.25 bits per heavy atom. The van der Waals surface area contributed by atoms with Gasteiger partial charge < -0.3 is 10.1 Å². The van der Waals surface area contributed by atoms with Gasteiger partial charge in [0, 0.05) is 18.2 Å². The molecule has 28 heavy (non-hydrogen) atoms. The summed E-state index contributed by atoms with van der Waals surface area (Å²) in [7, 11) is 0.975. The van der Waals surface area contributed by atoms with Gasteiger partial charge in [-0.05, 0) is 56.0 Å². The van der Waals surface area contributed by atoms with Crippen LogP contribution in [0.2, 0.25) is 0 Å². The quantitative estimate of drug-likeness (QED) is 0.393. The molecule has 1 unspecified atom stereocenters. The molecule has 6 nitrogen and oxygen atoms in total. The van der Waals surface area contributed by atoms with Crippen molar-refractivity contribution in [3.05, 3.63) is 47.5 Å². The first-order chi connectivity index (χ1) is 13.3. The molecule has 148 valence electrons. The topological polar surface area (TPSA) is 87.7 Å². The first-order valence-corrected chi connectivity index (χ1v) is 8.11. The van der Waals surface area contributed by atoms with Gasteiger partial charge in [-0.3, -0.25) is 14.8 Å². The number of nitrogens with one attached hydrogen (secondary N) is 2. The van der Waals surface area contributed by atoms with Gasteiger partial charge in [0.15, 0.2) is 5.60 Å². The van der Waals surface area contributed by atoms with E-state index in [2.05, 4.69) is 29.0 Å². The molecule has 0 saturated carbocycles. The predicted molar refractivity (Wildman–Crippen MR) is 98.5 cm³/mol. The second-order valence-corrected chi connectivity index (χ2v) is 5.67. The number of carbonyl (C=O) groups is 2. The number of hydrogen-bond acceptors (Lipinski definition) is 4. The highest BCUT2D eigenvalue weighted by Crippen LogP contribution is 2.24. The van der Waals surface area contributed by atoms with Crippen LogP contribution in [0, 0.1) is 23.7 Å². The summed E-state index contributed by atoms with van der Waals surface area (Å²) in [5, 5.41) is 11.0. The molecule has 1 aromatic rings. The number of hydrogen-bond donors (Lipinski definition) is 3. The Balaban J connectivity index is 3.00. The molecule has 1 aromatic carbocycles. The van der Waals surface area contributed by atoms with Crippen molar-refractivity contribution in [1.29, 1.82) is 0 Å². The van der Waals surface area contributed by atoms with E-state index >= 15 is 0 Å². The number of benzene rings is 1. The van der Waals surface area contributed by atoms with E-state index in [1.807, 2.05) is 6.92 Å². The molecule has 0 aliphatic carbocycles. The second-order valence-electron chi connectivity index (χ2n) is 5.67. The summed E-state index contributed by atoms with van der Waals surface area (Å²) in [6.45, 7) is 2.78. The van der Waals surface area contributed by atoms with Crippen LogP contribution in [0.4, 0.5) is 8.78 Å². The smallest absolute Gasteiger partial charge is 0.269 e. The number of rotatable bonds is 6. The Kier molecular flexibility index (Phi) is 8.83. The molecule has 0 spiro atoms. The van der Waals surface area contributed by atoms with Crippen molar-refractivity contribution in [2.45, 2.75) is 31.9 Å². The molecule has 1 rings (SSSR count). The molecule has 0 saturated heterocycles. The molecule has 2 amide bonds. The summed E-state index contributed by atoms with van der Waals surface area (Å²) < 4.78 is 31.5. The Bertz CT molecular complexity index is 845. The molecular weight excluding hydrogens is 370 g/mol. The fourth-order valence-electron chi connectivity index (χ4n) is 2.05. The third-order valence-corrected chi connectivity index (χ3v) is 3.83. The summed E-state index contributed by atoms with van der Waals surface area (Å²) in [4.78, 5) is 24.2. The molecule has 0 aliphatic heterocycles. The molecule has 0 aliphatic rings. The van der Waals surface area contributed by atoms with Crippen LogP contribution in [0.25, 0.3) is 0 Å². The first-order valence-electron chi connectivity index (χ1n) is 8.11. The van der Waals surface area contributed by atoms with Crippen molar-refractivity contribution in [1.82, 2.24) is 10.8 Å². The minimum atomic E-state index is -3.11. The van der Waals surface area contributed by atoms with Gasteiger partial charge in [-0.25, -0.2) is 14.3 Å². The number of hydroxylamine groups is 1. The Hall–Kier alpha value is -3.20. The number of halogens is 2. The van der Waals surface area contributed by atoms with E-state index in [-0.39, 0.29) is 5.56 Å². The summed E-state index contributed by atoms with van der Waals surface area (Å²) >= 11 is 0. The van der Waals surface area contributed by atoms with Crippen LogP contribution < -0.4 is 10.8 Å². The van der Waals surface area contributed by atoms with Crippen LogP contribution in [-0.4, -0.2) is 42.2 Å². The average Bonchev–Trinajstić information content (AvgIpc) is 2.70. The normalized spacial score (nSPS) is 13.5. The maximum atomic E-state index is 13.4. The van der Waals surface area contributed by atoms with Gasteiger partial charge in [0.05, 0.1) is 0 Å². The van der Waals surface area contributed by atoms with Crippen molar-refractivity contribution in [2.75, 3.05) is 7.11 Å². The molecule has 0 radical (unpaired) electrons. The number of alkyl halides is 2. The van der Waals surface area contributed by atoms with Gasteiger partial charge in [-0.15, -0.1) is 0 Å². The molecule has 3 N–H and O–H groups in total. The van der Waals surface area contributed by atoms with Gasteiger partial charge >= 0.3 is 0 Å². The van der Waals surface area contributed by atoms with E-state index in [9.17, 15) is 18.4 Å². The minimum Gasteiger partial charge on any atom is -0.370 e. The summed E-state index contributed by atoms with van der Waals surface area (Å²) in [5.74, 6) is 8.70. The number of allylic oxidation sites excluding steroid dienone is 2. The number of methoxy groups -OCH3 is 1. The first kappa shape index (κ1) is 22.8. The van der Waals surface area contributed by atoms with Gasteiger partial charge in [0.1, 0.15) is 6.04 Å². The summed E-state index contributed by atoms with van der Waals surface area (Å²) in [6.07, 6.45) is 0.310. The van der Waals surface area contributed by atoms with Crippen molar-refractivity contribution < 1.29 is 28.3 Å². The molecule has 8 heteroatoms. The number of ether oxygens (including phenoxy) is 1. The monoisotopic (exact) mass is 390 g/mol. The lowest BCUT2D eigenvalue weighted by Crippen LogP contribution is -2.62. The zero-order valence-electron chi connectivity index (χ0n) is 15.5. The van der Waals surface area contributed by atoms with Gasteiger partial charge in [0.25, 0.3) is 18.2 Å². The van der Waals surface area contributed by atoms with E-state index in [0.29, 0.717) is 5.56 Å². The van der Waals surface area contributed by atoms with Crippen LogP contribution in [-0.2, 0) is 9.53 Å². The minimum absolute atomic E-state index is 0.106. The SMILES string of the molecule is C/C=C/C#CC#Cc1ccc(C(=O)N[C@H](C(=O)NO)C(C)(OC)C(F)F)cc1. The van der Waals surface area contributed by atoms with Crippen LogP contribution in [0.3, 0.4) is 0 Å². The molecule has 0 fully saturated rings. The predicted octanol–water partition coefficient (Wildman–Crippen LogP) is 1.89. The van der Waals surface area contributed by atoms with Gasteiger partial charge in [0.2, 0.25) is 0 Å². The van der Waals surface area contributed by atoms with Crippen molar-refractivity contribution >= 4 is 11.8 Å². The van der Waals surface area contributed by atoms with E-state index in [4.69, 9.17) is 9.94 Å². The molecule has 0 heterocycles. The van der Waals surface area contributed by atoms with Crippen molar-refractivity contribution in [2.24, 2.45) is 0 Å². The molecule has 2 atom stereocenters. The van der Waals surface area contributed by atoms with Crippen LogP contribution in [0.5, 0.6) is 0 Å². The fourth-order valence-corrected chi connectivity index (χ4v) is 2.05. The average molecular weight is 390 g/mol. The molecular formula is C20H20F2N2O4. The highest BCUT2D eigenvalue weighted by Gasteiger charge is 2.48. The maximum absolute atomic E-state index is 13.4. The molecule has 0 bridgehead atoms. The fraction of sp³-hybridized carbons (Fsp3) is 0.300. The standard InChI is InChI=1S/C20H20F2N2O4/c1-4-5-6-7-8-9-14-10-12-15(13-11-14)17(25)23-16(18(26)24-27)20(2,28-3)19(21)22/h4-5,10-13,16,19,27H,1-3H3,(H,23,25)(H,24,26)/b5-4+/t16-,20?/m1/s1. The van der Waals surface area contributed by atoms with E-state index in [1.54, 1.807) is 24.3 Å². The Morgan fingerprint density at radius 2 is 1.89 bits per heavy atom. The van der Waals surface area contributed by atoms with Crippen LogP contribution >= 0.6 is 0 Å². The Morgan fingerprint density at radius 3 is 2.39 bits per heavy atom. The lowest BCUT2D eigenvalue weighted by Gasteiger charge is -2.34. The third kappa shape index (κ3) is 5.92. The molecule has 0 aromatic heterocycles. The Labute approximate surface area is 161 Å². The third-order valence-electron chi connectivity index (χ3n) is 3.83. The van der Waals surface area contributed by atoms with E-state index < -0.39 is 29.9 Å². The summed E-state index contributed by atoms with van der Waals surface area (Å²) in [5.41, 5.74) is -0.393. The number of carbonyl (C=O) groups excluding carboxylic acids is 2. The van der Waals surface area contributed by atoms with Crippen molar-refractivity contribution in [3.63, 3.8) is 0 Å². The van der Waals surface area contributed by atoms with Crippen molar-refractivity contribution in [3.8, 4) is 23.7 Å². The van der Waals surface area contributed by atoms with Gasteiger partial charge in [-0.1, -0.05) is 17.9 Å². The highest BCUT2D eigenvalue weighted by molar-refractivity contribution is 5.97. The lowest BCUT2D eigenvalue weighted by molar-refractivity contribution is -0.157. The van der Waals surface area contributed by atoms with Crippen LogP contribution in [0.15, 0.2) is 36.4 Å². The lowest BCUT2D eigenvalue weighted by atomic mass is 9.95. The largest absolute Gasteiger partial charge is 0.370 e. The van der Waals surface area contributed by atoms with E-state index in [0.717, 1.165) is 14.0 Å². The number of amides is 2. The zero-order chi connectivity index (χ0) is 21.2. The van der Waals surface area contributed by atoms with Crippen LogP contribution in [0.1, 0.15) is 29.8 Å². The zero-order valence-corrected chi connectivity index (χ0v) is 15.5.